The van der Waals surface area contributed by atoms with E-state index in [0.29, 0.717) is 20.4 Å². The molecule has 0 unspecified atom stereocenters. The Morgan fingerprint density at radius 1 is 1.25 bits per heavy atom. The number of hydrogen-bond acceptors (Lipinski definition) is 3. The molecule has 1 amide bonds. The second-order valence-corrected chi connectivity index (χ2v) is 5.47. The lowest BCUT2D eigenvalue weighted by Crippen LogP contribution is -2.18. The Balaban J connectivity index is 2.10. The van der Waals surface area contributed by atoms with Crippen LogP contribution in [-0.4, -0.2) is 11.6 Å². The summed E-state index contributed by atoms with van der Waals surface area (Å²) in [5, 5.41) is 4.89. The Labute approximate surface area is 133 Å². The lowest BCUT2D eigenvalue weighted by atomic mass is 10.1. The number of carbonyl (C=O) groups is 1. The minimum atomic E-state index is -0.435. The number of benzene rings is 1. The van der Waals surface area contributed by atoms with Gasteiger partial charge < -0.3 is 4.42 Å². The lowest BCUT2D eigenvalue weighted by Gasteiger charge is -2.03. The van der Waals surface area contributed by atoms with Crippen molar-refractivity contribution in [2.45, 2.75) is 6.92 Å². The fraction of sp³-hybridized carbons (Fsp3) is 0.0769. The van der Waals surface area contributed by atoms with Crippen molar-refractivity contribution < 1.29 is 9.21 Å². The standard InChI is InChI=1S/C13H9BrCl2N2O2/c1-7(8-2-3-9(15)10(16)6-8)17-18-13(19)11-4-5-12(14)20-11/h2-6H,1H3,(H,18,19). The predicted molar refractivity (Wildman–Crippen MR) is 82.5 cm³/mol. The number of furan rings is 1. The number of carbonyl (C=O) groups excluding carboxylic acids is 1. The minimum Gasteiger partial charge on any atom is -0.444 e. The van der Waals surface area contributed by atoms with E-state index < -0.39 is 5.91 Å². The van der Waals surface area contributed by atoms with Crippen LogP contribution >= 0.6 is 39.1 Å². The van der Waals surface area contributed by atoms with Crippen molar-refractivity contribution in [1.82, 2.24) is 5.43 Å². The van der Waals surface area contributed by atoms with E-state index in [1.165, 1.54) is 0 Å². The summed E-state index contributed by atoms with van der Waals surface area (Å²) in [6.07, 6.45) is 0. The maximum absolute atomic E-state index is 11.7. The number of hydrazone groups is 1. The van der Waals surface area contributed by atoms with Crippen molar-refractivity contribution in [2.75, 3.05) is 0 Å². The molecule has 1 aromatic carbocycles. The molecular formula is C13H9BrCl2N2O2. The van der Waals surface area contributed by atoms with E-state index >= 15 is 0 Å². The van der Waals surface area contributed by atoms with E-state index in [4.69, 9.17) is 27.6 Å². The maximum atomic E-state index is 11.7. The normalized spacial score (nSPS) is 11.5. The third-order valence-electron chi connectivity index (χ3n) is 2.46. The number of nitrogens with zero attached hydrogens (tertiary/aromatic N) is 1. The van der Waals surface area contributed by atoms with Crippen LogP contribution in [0, 0.1) is 0 Å². The van der Waals surface area contributed by atoms with Gasteiger partial charge in [-0.2, -0.15) is 5.10 Å². The largest absolute Gasteiger partial charge is 0.444 e. The van der Waals surface area contributed by atoms with Crippen LogP contribution in [0.2, 0.25) is 10.0 Å². The van der Waals surface area contributed by atoms with Gasteiger partial charge in [0.2, 0.25) is 0 Å². The molecule has 0 aliphatic carbocycles. The SMILES string of the molecule is CC(=NNC(=O)c1ccc(Br)o1)c1ccc(Cl)c(Cl)c1. The van der Waals surface area contributed by atoms with Gasteiger partial charge >= 0.3 is 5.91 Å². The Morgan fingerprint density at radius 2 is 2.00 bits per heavy atom. The number of halogens is 3. The van der Waals surface area contributed by atoms with Crippen LogP contribution in [0.25, 0.3) is 0 Å². The van der Waals surface area contributed by atoms with E-state index in [1.54, 1.807) is 37.3 Å². The zero-order valence-electron chi connectivity index (χ0n) is 10.3. The number of rotatable bonds is 3. The molecular weight excluding hydrogens is 367 g/mol. The van der Waals surface area contributed by atoms with E-state index in [-0.39, 0.29) is 5.76 Å². The molecule has 0 spiro atoms. The van der Waals surface area contributed by atoms with Gasteiger partial charge in [-0.3, -0.25) is 4.79 Å². The van der Waals surface area contributed by atoms with E-state index in [9.17, 15) is 4.79 Å². The summed E-state index contributed by atoms with van der Waals surface area (Å²) in [4.78, 5) is 11.7. The molecule has 1 heterocycles. The van der Waals surface area contributed by atoms with Gasteiger partial charge in [-0.05, 0) is 52.7 Å². The molecule has 1 aromatic heterocycles. The maximum Gasteiger partial charge on any atom is 0.307 e. The van der Waals surface area contributed by atoms with Gasteiger partial charge in [0, 0.05) is 0 Å². The van der Waals surface area contributed by atoms with E-state index in [2.05, 4.69) is 26.5 Å². The second-order valence-electron chi connectivity index (χ2n) is 3.87. The number of amides is 1. The van der Waals surface area contributed by atoms with Gasteiger partial charge in [-0.15, -0.1) is 0 Å². The monoisotopic (exact) mass is 374 g/mol. The fourth-order valence-electron chi connectivity index (χ4n) is 1.41. The molecule has 0 saturated carbocycles. The molecule has 20 heavy (non-hydrogen) atoms. The molecule has 0 aliphatic rings. The molecule has 1 N–H and O–H groups in total. The van der Waals surface area contributed by atoms with Gasteiger partial charge in [-0.25, -0.2) is 5.43 Å². The van der Waals surface area contributed by atoms with Crippen LogP contribution in [0.3, 0.4) is 0 Å². The average Bonchev–Trinajstić information content (AvgIpc) is 2.85. The molecule has 7 heteroatoms. The van der Waals surface area contributed by atoms with Crippen molar-refractivity contribution in [2.24, 2.45) is 5.10 Å². The first-order chi connectivity index (χ1) is 9.47. The van der Waals surface area contributed by atoms with Gasteiger partial charge in [0.15, 0.2) is 10.4 Å². The van der Waals surface area contributed by atoms with Crippen molar-refractivity contribution in [1.29, 1.82) is 0 Å². The zero-order valence-corrected chi connectivity index (χ0v) is 13.4. The molecule has 104 valence electrons. The van der Waals surface area contributed by atoms with Crippen LogP contribution in [0.5, 0.6) is 0 Å². The topological polar surface area (TPSA) is 54.6 Å². The minimum absolute atomic E-state index is 0.169. The molecule has 0 aliphatic heterocycles. The highest BCUT2D eigenvalue weighted by Gasteiger charge is 2.10. The summed E-state index contributed by atoms with van der Waals surface area (Å²) in [5.41, 5.74) is 3.77. The molecule has 0 atom stereocenters. The van der Waals surface area contributed by atoms with Gasteiger partial charge in [-0.1, -0.05) is 29.3 Å². The fourth-order valence-corrected chi connectivity index (χ4v) is 2.02. The summed E-state index contributed by atoms with van der Waals surface area (Å²) in [6.45, 7) is 1.75. The highest BCUT2D eigenvalue weighted by molar-refractivity contribution is 9.10. The zero-order chi connectivity index (χ0) is 14.7. The first-order valence-corrected chi connectivity index (χ1v) is 7.07. The van der Waals surface area contributed by atoms with Gasteiger partial charge in [0.1, 0.15) is 0 Å². The molecule has 4 nitrogen and oxygen atoms in total. The lowest BCUT2D eigenvalue weighted by molar-refractivity contribution is 0.0926. The van der Waals surface area contributed by atoms with Crippen LogP contribution in [0.4, 0.5) is 0 Å². The van der Waals surface area contributed by atoms with Gasteiger partial charge in [0.25, 0.3) is 0 Å². The number of hydrogen-bond donors (Lipinski definition) is 1. The highest BCUT2D eigenvalue weighted by Crippen LogP contribution is 2.22. The molecule has 0 bridgehead atoms. The molecule has 0 saturated heterocycles. The second kappa shape index (κ2) is 6.43. The van der Waals surface area contributed by atoms with Crippen molar-refractivity contribution in [3.63, 3.8) is 0 Å². The summed E-state index contributed by atoms with van der Waals surface area (Å²) >= 11 is 14.9. The Hall–Kier alpha value is -1.30. The Bertz CT molecular complexity index is 683. The van der Waals surface area contributed by atoms with E-state index in [0.717, 1.165) is 5.56 Å². The van der Waals surface area contributed by atoms with Crippen LogP contribution in [0.1, 0.15) is 23.0 Å². The van der Waals surface area contributed by atoms with Crippen molar-refractivity contribution in [3.8, 4) is 0 Å². The first-order valence-electron chi connectivity index (χ1n) is 5.53. The molecule has 2 rings (SSSR count). The van der Waals surface area contributed by atoms with Crippen LogP contribution < -0.4 is 5.43 Å². The smallest absolute Gasteiger partial charge is 0.307 e. The van der Waals surface area contributed by atoms with Crippen LogP contribution in [-0.2, 0) is 0 Å². The van der Waals surface area contributed by atoms with Crippen LogP contribution in [0.15, 0.2) is 44.5 Å². The number of nitrogens with one attached hydrogen (secondary N) is 1. The molecule has 0 radical (unpaired) electrons. The summed E-state index contributed by atoms with van der Waals surface area (Å²) < 4.78 is 5.59. The highest BCUT2D eigenvalue weighted by atomic mass is 79.9. The third-order valence-corrected chi connectivity index (χ3v) is 3.62. The Morgan fingerprint density at radius 3 is 2.60 bits per heavy atom. The summed E-state index contributed by atoms with van der Waals surface area (Å²) in [5.74, 6) is -0.266. The van der Waals surface area contributed by atoms with E-state index in [1.807, 2.05) is 0 Å². The third kappa shape index (κ3) is 3.62. The first kappa shape index (κ1) is 15.1. The predicted octanol–water partition coefficient (Wildman–Crippen LogP) is 4.50. The van der Waals surface area contributed by atoms with Gasteiger partial charge in [0.05, 0.1) is 15.8 Å². The molecule has 0 fully saturated rings. The van der Waals surface area contributed by atoms with Crippen molar-refractivity contribution >= 4 is 50.8 Å². The Kier molecular flexibility index (Phi) is 4.86. The molecule has 2 aromatic rings. The summed E-state index contributed by atoms with van der Waals surface area (Å²) in [7, 11) is 0. The quantitative estimate of drug-likeness (QED) is 0.634. The van der Waals surface area contributed by atoms with Crippen molar-refractivity contribution in [3.05, 3.63) is 56.4 Å². The summed E-state index contributed by atoms with van der Waals surface area (Å²) in [6, 6.07) is 8.29. The average molecular weight is 376 g/mol.